The van der Waals surface area contributed by atoms with E-state index in [0.29, 0.717) is 28.0 Å². The topological polar surface area (TPSA) is 66.6 Å². The molecule has 0 aliphatic carbocycles. The third-order valence-electron chi connectivity index (χ3n) is 2.38. The smallest absolute Gasteiger partial charge is 0.242 e. The monoisotopic (exact) mass is 280 g/mol. The Hall–Kier alpha value is -2.14. The first kappa shape index (κ1) is 13.3. The zero-order valence-electron chi connectivity index (χ0n) is 10.5. The van der Waals surface area contributed by atoms with E-state index in [2.05, 4.69) is 4.98 Å². The quantitative estimate of drug-likeness (QED) is 0.932. The van der Waals surface area contributed by atoms with Crippen molar-refractivity contribution >= 4 is 17.3 Å². The number of pyridine rings is 1. The van der Waals surface area contributed by atoms with Crippen LogP contribution < -0.4 is 19.9 Å². The number of ether oxygens (including phenoxy) is 3. The molecule has 0 atom stereocenters. The average Bonchev–Trinajstić information content (AvgIpc) is 2.41. The lowest BCUT2D eigenvalue weighted by Gasteiger charge is -2.10. The van der Waals surface area contributed by atoms with Gasteiger partial charge in [-0.05, 0) is 6.07 Å². The molecule has 0 radical (unpaired) electrons. The average molecular weight is 281 g/mol. The number of benzene rings is 1. The SMILES string of the molecule is COc1cc(OC)cc(Oc2ncc(Cl)cc2N)c1. The lowest BCUT2D eigenvalue weighted by molar-refractivity contribution is 0.385. The normalized spacial score (nSPS) is 10.1. The highest BCUT2D eigenvalue weighted by Crippen LogP contribution is 2.32. The maximum atomic E-state index is 5.78. The zero-order valence-corrected chi connectivity index (χ0v) is 11.3. The summed E-state index contributed by atoms with van der Waals surface area (Å²) in [4.78, 5) is 4.02. The van der Waals surface area contributed by atoms with Crippen molar-refractivity contribution in [3.05, 3.63) is 35.5 Å². The number of hydrogen-bond acceptors (Lipinski definition) is 5. The molecule has 0 amide bonds. The Morgan fingerprint density at radius 3 is 2.11 bits per heavy atom. The summed E-state index contributed by atoms with van der Waals surface area (Å²) in [6.07, 6.45) is 1.46. The largest absolute Gasteiger partial charge is 0.496 e. The van der Waals surface area contributed by atoms with Gasteiger partial charge in [0, 0.05) is 24.4 Å². The highest BCUT2D eigenvalue weighted by Gasteiger charge is 2.08. The molecule has 0 saturated heterocycles. The molecule has 0 fully saturated rings. The molecule has 0 spiro atoms. The van der Waals surface area contributed by atoms with Crippen molar-refractivity contribution < 1.29 is 14.2 Å². The van der Waals surface area contributed by atoms with E-state index in [9.17, 15) is 0 Å². The van der Waals surface area contributed by atoms with Crippen LogP contribution in [0.1, 0.15) is 0 Å². The van der Waals surface area contributed by atoms with Crippen LogP contribution in [0.4, 0.5) is 5.69 Å². The summed E-state index contributed by atoms with van der Waals surface area (Å²) in [5.74, 6) is 2.01. The van der Waals surface area contributed by atoms with Gasteiger partial charge in [-0.25, -0.2) is 4.98 Å². The van der Waals surface area contributed by atoms with Gasteiger partial charge in [-0.3, -0.25) is 0 Å². The molecule has 100 valence electrons. The minimum Gasteiger partial charge on any atom is -0.496 e. The Balaban J connectivity index is 2.31. The van der Waals surface area contributed by atoms with E-state index < -0.39 is 0 Å². The number of aromatic nitrogens is 1. The van der Waals surface area contributed by atoms with Crippen LogP contribution in [0.3, 0.4) is 0 Å². The van der Waals surface area contributed by atoms with Gasteiger partial charge in [0.2, 0.25) is 5.88 Å². The lowest BCUT2D eigenvalue weighted by atomic mass is 10.3. The first-order chi connectivity index (χ1) is 9.12. The second-order valence-corrected chi connectivity index (χ2v) is 4.13. The van der Waals surface area contributed by atoms with Gasteiger partial charge in [0.1, 0.15) is 17.2 Å². The van der Waals surface area contributed by atoms with E-state index in [1.54, 1.807) is 38.5 Å². The van der Waals surface area contributed by atoms with Crippen molar-refractivity contribution in [1.29, 1.82) is 0 Å². The molecule has 2 N–H and O–H groups in total. The predicted octanol–water partition coefficient (Wildman–Crippen LogP) is 3.13. The standard InChI is InChI=1S/C13H13ClN2O3/c1-17-9-4-10(18-2)6-11(5-9)19-13-12(15)3-8(14)7-16-13/h3-7H,15H2,1-2H3. The Morgan fingerprint density at radius 2 is 1.58 bits per heavy atom. The fourth-order valence-corrected chi connectivity index (χ4v) is 1.65. The Labute approximate surface area is 115 Å². The number of anilines is 1. The number of nitrogens with zero attached hydrogens (tertiary/aromatic N) is 1. The van der Waals surface area contributed by atoms with Crippen LogP contribution in [0, 0.1) is 0 Å². The van der Waals surface area contributed by atoms with Crippen LogP contribution in [-0.2, 0) is 0 Å². The molecule has 0 aliphatic rings. The summed E-state index contributed by atoms with van der Waals surface area (Å²) in [6.45, 7) is 0. The zero-order chi connectivity index (χ0) is 13.8. The molecule has 0 unspecified atom stereocenters. The first-order valence-electron chi connectivity index (χ1n) is 5.44. The van der Waals surface area contributed by atoms with Gasteiger partial charge in [-0.15, -0.1) is 0 Å². The third kappa shape index (κ3) is 3.20. The first-order valence-corrected chi connectivity index (χ1v) is 5.82. The van der Waals surface area contributed by atoms with Crippen LogP contribution in [0.25, 0.3) is 0 Å². The highest BCUT2D eigenvalue weighted by atomic mass is 35.5. The fourth-order valence-electron chi connectivity index (χ4n) is 1.48. The predicted molar refractivity (Wildman–Crippen MR) is 73.3 cm³/mol. The Kier molecular flexibility index (Phi) is 3.97. The summed E-state index contributed by atoms with van der Waals surface area (Å²) in [6, 6.07) is 6.73. The molecule has 2 aromatic rings. The Morgan fingerprint density at radius 1 is 1.00 bits per heavy atom. The maximum absolute atomic E-state index is 5.78. The van der Waals surface area contributed by atoms with Gasteiger partial charge in [0.15, 0.2) is 0 Å². The molecular weight excluding hydrogens is 268 g/mol. The van der Waals surface area contributed by atoms with Gasteiger partial charge in [0.05, 0.1) is 24.9 Å². The second-order valence-electron chi connectivity index (χ2n) is 3.70. The molecule has 1 heterocycles. The molecule has 2 rings (SSSR count). The van der Waals surface area contributed by atoms with Crippen LogP contribution in [0.15, 0.2) is 30.5 Å². The lowest BCUT2D eigenvalue weighted by Crippen LogP contribution is -1.96. The summed E-state index contributed by atoms with van der Waals surface area (Å²) in [5, 5.41) is 0.452. The number of hydrogen-bond donors (Lipinski definition) is 1. The number of nitrogens with two attached hydrogens (primary N) is 1. The number of nitrogen functional groups attached to an aromatic ring is 1. The molecule has 0 saturated carbocycles. The number of halogens is 1. The van der Waals surface area contributed by atoms with Crippen molar-refractivity contribution in [3.63, 3.8) is 0 Å². The van der Waals surface area contributed by atoms with Gasteiger partial charge in [-0.2, -0.15) is 0 Å². The highest BCUT2D eigenvalue weighted by molar-refractivity contribution is 6.30. The fraction of sp³-hybridized carbons (Fsp3) is 0.154. The number of rotatable bonds is 4. The van der Waals surface area contributed by atoms with Gasteiger partial charge in [-0.1, -0.05) is 11.6 Å². The minimum absolute atomic E-state index is 0.278. The van der Waals surface area contributed by atoms with Crippen LogP contribution >= 0.6 is 11.6 Å². The molecule has 5 nitrogen and oxygen atoms in total. The molecule has 1 aromatic heterocycles. The van der Waals surface area contributed by atoms with Gasteiger partial charge >= 0.3 is 0 Å². The summed E-state index contributed by atoms with van der Waals surface area (Å²) < 4.78 is 15.9. The summed E-state index contributed by atoms with van der Waals surface area (Å²) >= 11 is 5.78. The van der Waals surface area contributed by atoms with E-state index in [1.165, 1.54) is 6.20 Å². The molecule has 19 heavy (non-hydrogen) atoms. The van der Waals surface area contributed by atoms with Crippen molar-refractivity contribution in [3.8, 4) is 23.1 Å². The summed E-state index contributed by atoms with van der Waals surface area (Å²) in [7, 11) is 3.13. The molecule has 1 aromatic carbocycles. The van der Waals surface area contributed by atoms with Crippen molar-refractivity contribution in [2.45, 2.75) is 0 Å². The van der Waals surface area contributed by atoms with E-state index in [4.69, 9.17) is 31.5 Å². The summed E-state index contributed by atoms with van der Waals surface area (Å²) in [5.41, 5.74) is 6.13. The number of methoxy groups -OCH3 is 2. The minimum atomic E-state index is 0.278. The van der Waals surface area contributed by atoms with E-state index in [0.717, 1.165) is 0 Å². The molecule has 6 heteroatoms. The van der Waals surface area contributed by atoms with Crippen molar-refractivity contribution in [2.75, 3.05) is 20.0 Å². The third-order valence-corrected chi connectivity index (χ3v) is 2.59. The van der Waals surface area contributed by atoms with E-state index in [1.807, 2.05) is 0 Å². The van der Waals surface area contributed by atoms with Gasteiger partial charge in [0.25, 0.3) is 0 Å². The van der Waals surface area contributed by atoms with E-state index >= 15 is 0 Å². The maximum Gasteiger partial charge on any atom is 0.242 e. The second kappa shape index (κ2) is 5.67. The molecule has 0 bridgehead atoms. The molecular formula is C13H13ClN2O3. The van der Waals surface area contributed by atoms with Crippen molar-refractivity contribution in [1.82, 2.24) is 4.98 Å². The Bertz CT molecular complexity index is 568. The van der Waals surface area contributed by atoms with Gasteiger partial charge < -0.3 is 19.9 Å². The van der Waals surface area contributed by atoms with Crippen LogP contribution in [0.5, 0.6) is 23.1 Å². The van der Waals surface area contributed by atoms with Crippen LogP contribution in [-0.4, -0.2) is 19.2 Å². The van der Waals surface area contributed by atoms with Crippen molar-refractivity contribution in [2.24, 2.45) is 0 Å². The van der Waals surface area contributed by atoms with E-state index in [-0.39, 0.29) is 5.88 Å². The molecule has 0 aliphatic heterocycles. The van der Waals surface area contributed by atoms with Crippen LogP contribution in [0.2, 0.25) is 5.02 Å².